The highest BCUT2D eigenvalue weighted by Gasteiger charge is 2.31. The molecule has 0 N–H and O–H groups in total. The molecule has 2 rings (SSSR count). The van der Waals surface area contributed by atoms with Gasteiger partial charge in [0.2, 0.25) is 5.91 Å². The Labute approximate surface area is 140 Å². The largest absolute Gasteiger partial charge is 0.416 e. The van der Waals surface area contributed by atoms with Crippen LogP contribution >= 0.6 is 0 Å². The minimum absolute atomic E-state index is 0.139. The molecule has 0 unspecified atom stereocenters. The molecule has 0 aliphatic carbocycles. The Balaban J connectivity index is 1.83. The van der Waals surface area contributed by atoms with Crippen LogP contribution in [-0.4, -0.2) is 56.1 Å². The van der Waals surface area contributed by atoms with E-state index in [1.165, 1.54) is 12.1 Å². The summed E-state index contributed by atoms with van der Waals surface area (Å²) in [6, 6.07) is 5.22. The standard InChI is InChI=1S/C17H23F3N2O2/c1-21(10-13-3-5-15(6-4-13)17(18,19)20)11-14-9-16(23)22(12-14)7-8-24-2/h3-6,14H,7-12H2,1-2H3/t14-/m1/s1. The van der Waals surface area contributed by atoms with Gasteiger partial charge in [0.25, 0.3) is 0 Å². The molecule has 1 aromatic rings. The van der Waals surface area contributed by atoms with Crippen molar-refractivity contribution in [2.75, 3.05) is 40.4 Å². The maximum Gasteiger partial charge on any atom is 0.416 e. The van der Waals surface area contributed by atoms with E-state index in [0.29, 0.717) is 32.7 Å². The predicted molar refractivity (Wildman–Crippen MR) is 84.3 cm³/mol. The number of nitrogens with zero attached hydrogens (tertiary/aromatic N) is 2. The summed E-state index contributed by atoms with van der Waals surface area (Å²) in [5.74, 6) is 0.383. The molecule has 4 nitrogen and oxygen atoms in total. The molecule has 0 saturated carbocycles. The lowest BCUT2D eigenvalue weighted by Crippen LogP contribution is -2.31. The summed E-state index contributed by atoms with van der Waals surface area (Å²) in [7, 11) is 3.52. The molecule has 1 amide bonds. The topological polar surface area (TPSA) is 32.8 Å². The Morgan fingerprint density at radius 2 is 1.96 bits per heavy atom. The fraction of sp³-hybridized carbons (Fsp3) is 0.588. The van der Waals surface area contributed by atoms with E-state index in [2.05, 4.69) is 0 Å². The maximum atomic E-state index is 12.6. The van der Waals surface area contributed by atoms with Crippen LogP contribution in [0.5, 0.6) is 0 Å². The van der Waals surface area contributed by atoms with Crippen LogP contribution in [0, 0.1) is 5.92 Å². The number of halogens is 3. The van der Waals surface area contributed by atoms with Gasteiger partial charge in [-0.2, -0.15) is 13.2 Å². The van der Waals surface area contributed by atoms with Gasteiger partial charge in [0.05, 0.1) is 12.2 Å². The number of hydrogen-bond acceptors (Lipinski definition) is 3. The molecule has 0 spiro atoms. The summed E-state index contributed by atoms with van der Waals surface area (Å²) >= 11 is 0. The molecule has 0 radical (unpaired) electrons. The molecule has 1 saturated heterocycles. The lowest BCUT2D eigenvalue weighted by Gasteiger charge is -2.21. The summed E-state index contributed by atoms with van der Waals surface area (Å²) in [5.41, 5.74) is 0.190. The van der Waals surface area contributed by atoms with Gasteiger partial charge in [0, 0.05) is 39.7 Å². The first-order valence-corrected chi connectivity index (χ1v) is 7.91. The van der Waals surface area contributed by atoms with Crippen molar-refractivity contribution in [3.63, 3.8) is 0 Å². The van der Waals surface area contributed by atoms with Crippen molar-refractivity contribution in [1.29, 1.82) is 0 Å². The Kier molecular flexibility index (Phi) is 6.23. The zero-order valence-corrected chi connectivity index (χ0v) is 14.0. The number of rotatable bonds is 7. The summed E-state index contributed by atoms with van der Waals surface area (Å²) in [6.45, 7) is 3.13. The molecule has 0 bridgehead atoms. The Morgan fingerprint density at radius 3 is 2.54 bits per heavy atom. The summed E-state index contributed by atoms with van der Waals surface area (Å²) in [5, 5.41) is 0. The van der Waals surface area contributed by atoms with E-state index in [1.54, 1.807) is 12.0 Å². The van der Waals surface area contributed by atoms with Gasteiger partial charge in [-0.05, 0) is 30.7 Å². The number of carbonyl (C=O) groups is 1. The van der Waals surface area contributed by atoms with Crippen LogP contribution in [-0.2, 0) is 22.3 Å². The minimum Gasteiger partial charge on any atom is -0.383 e. The normalized spacial score (nSPS) is 18.7. The lowest BCUT2D eigenvalue weighted by atomic mass is 10.1. The fourth-order valence-electron chi connectivity index (χ4n) is 3.01. The van der Waals surface area contributed by atoms with Crippen LogP contribution in [0.2, 0.25) is 0 Å². The molecule has 1 aromatic carbocycles. The van der Waals surface area contributed by atoms with Crippen LogP contribution in [0.3, 0.4) is 0 Å². The molecular weight excluding hydrogens is 321 g/mol. The second-order valence-corrected chi connectivity index (χ2v) is 6.29. The van der Waals surface area contributed by atoms with Gasteiger partial charge in [-0.25, -0.2) is 0 Å². The third kappa shape index (κ3) is 5.21. The van der Waals surface area contributed by atoms with E-state index >= 15 is 0 Å². The number of amides is 1. The van der Waals surface area contributed by atoms with E-state index in [9.17, 15) is 18.0 Å². The van der Waals surface area contributed by atoms with Crippen molar-refractivity contribution in [3.8, 4) is 0 Å². The first-order chi connectivity index (χ1) is 11.3. The second-order valence-electron chi connectivity index (χ2n) is 6.29. The zero-order valence-electron chi connectivity index (χ0n) is 14.0. The van der Waals surface area contributed by atoms with Crippen LogP contribution in [0.25, 0.3) is 0 Å². The number of benzene rings is 1. The number of hydrogen-bond donors (Lipinski definition) is 0. The number of alkyl halides is 3. The molecule has 1 atom stereocenters. The van der Waals surface area contributed by atoms with Gasteiger partial charge in [-0.15, -0.1) is 0 Å². The van der Waals surface area contributed by atoms with Crippen LogP contribution in [0.4, 0.5) is 13.2 Å². The second kappa shape index (κ2) is 7.98. The third-order valence-corrected chi connectivity index (χ3v) is 4.16. The molecule has 0 aromatic heterocycles. The highest BCUT2D eigenvalue weighted by molar-refractivity contribution is 5.78. The van der Waals surface area contributed by atoms with Crippen molar-refractivity contribution < 1.29 is 22.7 Å². The predicted octanol–water partition coefficient (Wildman–Crippen LogP) is 2.63. The van der Waals surface area contributed by atoms with Crippen molar-refractivity contribution in [2.24, 2.45) is 5.92 Å². The van der Waals surface area contributed by atoms with E-state index in [1.807, 2.05) is 11.9 Å². The Morgan fingerprint density at radius 1 is 1.29 bits per heavy atom. The van der Waals surface area contributed by atoms with E-state index < -0.39 is 11.7 Å². The molecule has 1 heterocycles. The summed E-state index contributed by atoms with van der Waals surface area (Å²) in [6.07, 6.45) is -3.79. The van der Waals surface area contributed by atoms with Gasteiger partial charge in [0.15, 0.2) is 0 Å². The first-order valence-electron chi connectivity index (χ1n) is 7.91. The number of likely N-dealkylation sites (tertiary alicyclic amines) is 1. The van der Waals surface area contributed by atoms with Crippen LogP contribution < -0.4 is 0 Å². The zero-order chi connectivity index (χ0) is 17.7. The smallest absolute Gasteiger partial charge is 0.383 e. The SMILES string of the molecule is COCCN1C[C@@H](CN(C)Cc2ccc(C(F)(F)F)cc2)CC1=O. The summed E-state index contributed by atoms with van der Waals surface area (Å²) < 4.78 is 42.7. The quantitative estimate of drug-likeness (QED) is 0.762. The Hall–Kier alpha value is -1.60. The highest BCUT2D eigenvalue weighted by atomic mass is 19.4. The average molecular weight is 344 g/mol. The molecule has 1 fully saturated rings. The first kappa shape index (κ1) is 18.7. The number of ether oxygens (including phenoxy) is 1. The van der Waals surface area contributed by atoms with Crippen molar-refractivity contribution >= 4 is 5.91 Å². The molecule has 1 aliphatic rings. The highest BCUT2D eigenvalue weighted by Crippen LogP contribution is 2.29. The van der Waals surface area contributed by atoms with Crippen molar-refractivity contribution in [3.05, 3.63) is 35.4 Å². The van der Waals surface area contributed by atoms with Crippen molar-refractivity contribution in [1.82, 2.24) is 9.80 Å². The van der Waals surface area contributed by atoms with Gasteiger partial charge in [-0.3, -0.25) is 4.79 Å². The van der Waals surface area contributed by atoms with Crippen molar-refractivity contribution in [2.45, 2.75) is 19.1 Å². The minimum atomic E-state index is -4.31. The van der Waals surface area contributed by atoms with Gasteiger partial charge in [-0.1, -0.05) is 12.1 Å². The maximum absolute atomic E-state index is 12.6. The van der Waals surface area contributed by atoms with E-state index in [4.69, 9.17) is 4.74 Å². The molecule has 24 heavy (non-hydrogen) atoms. The monoisotopic (exact) mass is 344 g/mol. The van der Waals surface area contributed by atoms with Gasteiger partial charge in [0.1, 0.15) is 0 Å². The van der Waals surface area contributed by atoms with E-state index in [0.717, 1.165) is 24.2 Å². The third-order valence-electron chi connectivity index (χ3n) is 4.16. The molecule has 7 heteroatoms. The summed E-state index contributed by atoms with van der Waals surface area (Å²) in [4.78, 5) is 15.8. The van der Waals surface area contributed by atoms with Crippen LogP contribution in [0.1, 0.15) is 17.5 Å². The van der Waals surface area contributed by atoms with E-state index in [-0.39, 0.29) is 11.8 Å². The van der Waals surface area contributed by atoms with Gasteiger partial charge < -0.3 is 14.5 Å². The lowest BCUT2D eigenvalue weighted by molar-refractivity contribution is -0.137. The fourth-order valence-corrected chi connectivity index (χ4v) is 3.01. The molecule has 1 aliphatic heterocycles. The number of carbonyl (C=O) groups excluding carboxylic acids is 1. The van der Waals surface area contributed by atoms with Crippen LogP contribution in [0.15, 0.2) is 24.3 Å². The molecular formula is C17H23F3N2O2. The van der Waals surface area contributed by atoms with Gasteiger partial charge >= 0.3 is 6.18 Å². The average Bonchev–Trinajstić information content (AvgIpc) is 2.84. The Bertz CT molecular complexity index is 546. The molecule has 134 valence electrons. The number of methoxy groups -OCH3 is 1.